The molecule has 21 heavy (non-hydrogen) atoms. The molecule has 0 aromatic carbocycles. The van der Waals surface area contributed by atoms with Gasteiger partial charge in [-0.25, -0.2) is 4.58 Å². The van der Waals surface area contributed by atoms with E-state index in [4.69, 9.17) is 0 Å². The molecule has 4 heteroatoms. The highest BCUT2D eigenvalue weighted by atomic mass is 15.1. The van der Waals surface area contributed by atoms with E-state index < -0.39 is 0 Å². The first-order chi connectivity index (χ1) is 10.1. The molecule has 1 atom stereocenters. The lowest BCUT2D eigenvalue weighted by molar-refractivity contribution is -0.425. The largest absolute Gasteiger partial charge is 0.292 e. The molecule has 0 saturated carbocycles. The molecule has 0 aliphatic rings. The van der Waals surface area contributed by atoms with Crippen molar-refractivity contribution in [1.82, 2.24) is 0 Å². The third-order valence-corrected chi connectivity index (χ3v) is 3.37. The fourth-order valence-corrected chi connectivity index (χ4v) is 2.14. The number of unbranched alkanes of at least 4 members (excludes halogenated alkanes) is 1. The first-order valence-electron chi connectivity index (χ1n) is 8.18. The summed E-state index contributed by atoms with van der Waals surface area (Å²) >= 11 is 0. The topological polar surface area (TPSA) is 40.1 Å². The quantitative estimate of drug-likeness (QED) is 0.246. The summed E-state index contributed by atoms with van der Waals surface area (Å²) in [5.74, 6) is 0. The van der Waals surface area contributed by atoms with Crippen LogP contribution in [0.4, 0.5) is 0 Å². The maximum Gasteiger partial charge on any atom is 0.183 e. The summed E-state index contributed by atoms with van der Waals surface area (Å²) in [5.41, 5.74) is 2.38. The van der Waals surface area contributed by atoms with Crippen LogP contribution in [0, 0.1) is 0 Å². The Balaban J connectivity index is 4.72. The van der Waals surface area contributed by atoms with Gasteiger partial charge in [0.2, 0.25) is 0 Å². The van der Waals surface area contributed by atoms with Gasteiger partial charge >= 0.3 is 0 Å². The second-order valence-corrected chi connectivity index (χ2v) is 5.25. The molecule has 0 aliphatic carbocycles. The van der Waals surface area contributed by atoms with Crippen LogP contribution >= 0.6 is 0 Å². The summed E-state index contributed by atoms with van der Waals surface area (Å²) in [5, 5.41) is 8.87. The van der Waals surface area contributed by atoms with E-state index in [0.29, 0.717) is 6.54 Å². The molecule has 0 saturated heterocycles. The third kappa shape index (κ3) is 8.53. The monoisotopic (exact) mass is 293 g/mol. The zero-order chi connectivity index (χ0) is 16.1. The van der Waals surface area contributed by atoms with Crippen molar-refractivity contribution in [3.05, 3.63) is 12.3 Å². The number of hydrogen-bond acceptors (Lipinski definition) is 3. The number of rotatable bonds is 10. The van der Waals surface area contributed by atoms with Crippen molar-refractivity contribution in [2.45, 2.75) is 66.3 Å². The lowest BCUT2D eigenvalue weighted by Gasteiger charge is -2.08. The molecule has 0 spiro atoms. The molecule has 1 unspecified atom stereocenters. The van der Waals surface area contributed by atoms with Crippen LogP contribution in [0.2, 0.25) is 0 Å². The van der Waals surface area contributed by atoms with E-state index in [1.807, 2.05) is 19.9 Å². The van der Waals surface area contributed by atoms with Crippen molar-refractivity contribution < 1.29 is 4.58 Å². The van der Waals surface area contributed by atoms with Gasteiger partial charge in [-0.2, -0.15) is 10.2 Å². The van der Waals surface area contributed by atoms with Gasteiger partial charge in [0.25, 0.3) is 0 Å². The molecular weight excluding hydrogens is 260 g/mol. The van der Waals surface area contributed by atoms with Crippen LogP contribution in [-0.2, 0) is 0 Å². The number of azo groups is 1. The van der Waals surface area contributed by atoms with E-state index in [1.165, 1.54) is 12.1 Å². The van der Waals surface area contributed by atoms with E-state index in [-0.39, 0.29) is 6.04 Å². The molecule has 0 rings (SSSR count). The van der Waals surface area contributed by atoms with E-state index >= 15 is 0 Å². The van der Waals surface area contributed by atoms with Gasteiger partial charge in [-0.3, -0.25) is 4.99 Å². The lowest BCUT2D eigenvalue weighted by atomic mass is 10.1. The summed E-state index contributed by atoms with van der Waals surface area (Å²) in [6.45, 7) is 12.1. The first kappa shape index (κ1) is 19.7. The van der Waals surface area contributed by atoms with Gasteiger partial charge in [-0.15, -0.1) is 0 Å². The molecule has 0 N–H and O–H groups in total. The fraction of sp³-hybridized carbons (Fsp3) is 0.765. The van der Waals surface area contributed by atoms with Crippen molar-refractivity contribution in [3.8, 4) is 0 Å². The Hall–Kier alpha value is -1.32. The van der Waals surface area contributed by atoms with Crippen LogP contribution in [0.25, 0.3) is 0 Å². The SMILES string of the molecule is CC=C[N+](C)=C(CC)C(CC)N=NCC(C)=NCCCC. The van der Waals surface area contributed by atoms with Crippen molar-refractivity contribution >= 4 is 11.4 Å². The Morgan fingerprint density at radius 2 is 1.95 bits per heavy atom. The predicted octanol–water partition coefficient (Wildman–Crippen LogP) is 4.51. The summed E-state index contributed by atoms with van der Waals surface area (Å²) < 4.78 is 2.16. The highest BCUT2D eigenvalue weighted by molar-refractivity contribution is 5.85. The lowest BCUT2D eigenvalue weighted by Crippen LogP contribution is -2.25. The van der Waals surface area contributed by atoms with E-state index in [9.17, 15) is 0 Å². The van der Waals surface area contributed by atoms with E-state index in [1.54, 1.807) is 0 Å². The summed E-state index contributed by atoms with van der Waals surface area (Å²) in [4.78, 5) is 4.50. The molecule has 0 amide bonds. The minimum absolute atomic E-state index is 0.166. The Labute approximate surface area is 130 Å². The van der Waals surface area contributed by atoms with Crippen LogP contribution < -0.4 is 0 Å². The molecule has 0 heterocycles. The highest BCUT2D eigenvalue weighted by Gasteiger charge is 2.19. The maximum absolute atomic E-state index is 4.52. The van der Waals surface area contributed by atoms with Crippen molar-refractivity contribution in [3.63, 3.8) is 0 Å². The minimum atomic E-state index is 0.166. The first-order valence-corrected chi connectivity index (χ1v) is 8.18. The standard InChI is InChI=1S/C17H33N4/c1-7-11-12-18-15(5)14-19-20-16(9-3)17(10-4)21(6)13-8-2/h8,13,16H,7,9-12,14H2,1-6H3/q+1. The molecular formula is C17H33N4+. The maximum atomic E-state index is 4.52. The average Bonchev–Trinajstić information content (AvgIpc) is 2.47. The normalized spacial score (nSPS) is 15.8. The van der Waals surface area contributed by atoms with Crippen LogP contribution in [-0.4, -0.2) is 42.2 Å². The molecule has 4 nitrogen and oxygen atoms in total. The number of nitrogens with zero attached hydrogens (tertiary/aromatic N) is 4. The van der Waals surface area contributed by atoms with Crippen LogP contribution in [0.1, 0.15) is 60.3 Å². The van der Waals surface area contributed by atoms with Crippen molar-refractivity contribution in [2.24, 2.45) is 15.2 Å². The van der Waals surface area contributed by atoms with Gasteiger partial charge in [0.15, 0.2) is 18.0 Å². The van der Waals surface area contributed by atoms with Gasteiger partial charge in [0.1, 0.15) is 7.05 Å². The third-order valence-electron chi connectivity index (χ3n) is 3.37. The number of allylic oxidation sites excluding steroid dienone is 1. The van der Waals surface area contributed by atoms with Gasteiger partial charge < -0.3 is 0 Å². The van der Waals surface area contributed by atoms with E-state index in [2.05, 4.69) is 53.8 Å². The smallest absolute Gasteiger partial charge is 0.183 e. The molecule has 0 fully saturated rings. The Morgan fingerprint density at radius 3 is 2.48 bits per heavy atom. The van der Waals surface area contributed by atoms with Crippen LogP contribution in [0.3, 0.4) is 0 Å². The second-order valence-electron chi connectivity index (χ2n) is 5.25. The Kier molecular flexibility index (Phi) is 11.6. The van der Waals surface area contributed by atoms with Gasteiger partial charge in [0.05, 0.1) is 6.54 Å². The van der Waals surface area contributed by atoms with Gasteiger partial charge in [-0.1, -0.05) is 27.2 Å². The van der Waals surface area contributed by atoms with Crippen LogP contribution in [0.5, 0.6) is 0 Å². The summed E-state index contributed by atoms with van der Waals surface area (Å²) in [7, 11) is 2.08. The predicted molar refractivity (Wildman–Crippen MR) is 93.0 cm³/mol. The molecule has 0 radical (unpaired) electrons. The molecule has 120 valence electrons. The highest BCUT2D eigenvalue weighted by Crippen LogP contribution is 2.05. The Morgan fingerprint density at radius 1 is 1.24 bits per heavy atom. The number of hydrogen-bond donors (Lipinski definition) is 0. The zero-order valence-corrected chi connectivity index (χ0v) is 14.8. The van der Waals surface area contributed by atoms with Gasteiger partial charge in [0, 0.05) is 18.7 Å². The molecule has 0 aliphatic heterocycles. The average molecular weight is 293 g/mol. The number of aliphatic imine (C=N–C) groups is 1. The van der Waals surface area contributed by atoms with Crippen LogP contribution in [0.15, 0.2) is 27.5 Å². The molecule has 0 bridgehead atoms. The van der Waals surface area contributed by atoms with E-state index in [0.717, 1.165) is 31.5 Å². The molecule has 0 aromatic rings. The van der Waals surface area contributed by atoms with Gasteiger partial charge in [-0.05, 0) is 32.8 Å². The minimum Gasteiger partial charge on any atom is -0.292 e. The summed E-state index contributed by atoms with van der Waals surface area (Å²) in [6.07, 6.45) is 8.41. The summed E-state index contributed by atoms with van der Waals surface area (Å²) in [6, 6.07) is 0.166. The van der Waals surface area contributed by atoms with Crippen molar-refractivity contribution in [2.75, 3.05) is 20.1 Å². The fourth-order valence-electron chi connectivity index (χ4n) is 2.14. The molecule has 0 aromatic heterocycles. The second kappa shape index (κ2) is 12.4. The van der Waals surface area contributed by atoms with Crippen molar-refractivity contribution in [1.29, 1.82) is 0 Å². The zero-order valence-electron chi connectivity index (χ0n) is 14.8. The Bertz CT molecular complexity index is 392.